The molecule has 2 heterocycles. The number of anilines is 1. The summed E-state index contributed by atoms with van der Waals surface area (Å²) in [4.78, 5) is 34.8. The van der Waals surface area contributed by atoms with Crippen LogP contribution in [0.25, 0.3) is 11.0 Å². The van der Waals surface area contributed by atoms with Gasteiger partial charge in [0.1, 0.15) is 0 Å². The van der Waals surface area contributed by atoms with Gasteiger partial charge in [-0.25, -0.2) is 9.78 Å². The third-order valence-corrected chi connectivity index (χ3v) is 9.12. The second-order valence-corrected chi connectivity index (χ2v) is 12.7. The van der Waals surface area contributed by atoms with Crippen LogP contribution in [0, 0.1) is 0 Å². The van der Waals surface area contributed by atoms with Gasteiger partial charge in [-0.1, -0.05) is 44.2 Å². The van der Waals surface area contributed by atoms with Crippen molar-refractivity contribution in [2.75, 3.05) is 18.0 Å². The summed E-state index contributed by atoms with van der Waals surface area (Å²) in [6.45, 7) is 10.1. The maximum atomic E-state index is 14.1. The summed E-state index contributed by atoms with van der Waals surface area (Å²) in [6.07, 6.45) is 12.3. The molecule has 0 bridgehead atoms. The number of hydrogen-bond acceptors (Lipinski definition) is 6. The van der Waals surface area contributed by atoms with E-state index in [2.05, 4.69) is 30.7 Å². The van der Waals surface area contributed by atoms with Gasteiger partial charge in [-0.15, -0.1) is 0 Å². The number of fused-ring (bicyclic) bond motifs is 1. The zero-order valence-corrected chi connectivity index (χ0v) is 24.5. The molecule has 1 aliphatic heterocycles. The zero-order chi connectivity index (χ0) is 28.4. The SMILES string of the molecule is CCN(CC(C)(O)C(=O)O)c1nc2ccccc2n([C@@H](C)C[C@@H]2CCC(C)(C)N2C2CCCCCCC2)c1=O. The molecule has 2 fully saturated rings. The third kappa shape index (κ3) is 6.32. The summed E-state index contributed by atoms with van der Waals surface area (Å²) in [6, 6.07) is 8.59. The molecular weight excluding hydrogens is 492 g/mol. The Morgan fingerprint density at radius 2 is 1.79 bits per heavy atom. The van der Waals surface area contributed by atoms with Crippen molar-refractivity contribution in [3.05, 3.63) is 34.6 Å². The van der Waals surface area contributed by atoms with Crippen molar-refractivity contribution < 1.29 is 15.0 Å². The normalized spacial score (nSPS) is 23.2. The molecule has 1 saturated heterocycles. The van der Waals surface area contributed by atoms with Crippen LogP contribution in [0.5, 0.6) is 0 Å². The van der Waals surface area contributed by atoms with Gasteiger partial charge in [0.15, 0.2) is 11.4 Å². The van der Waals surface area contributed by atoms with Crippen molar-refractivity contribution >= 4 is 22.8 Å². The van der Waals surface area contributed by atoms with Crippen molar-refractivity contribution in [2.45, 2.75) is 128 Å². The van der Waals surface area contributed by atoms with E-state index in [0.29, 0.717) is 24.1 Å². The molecule has 8 heteroatoms. The smallest absolute Gasteiger partial charge is 0.337 e. The number of aromatic nitrogens is 2. The van der Waals surface area contributed by atoms with E-state index in [1.807, 2.05) is 35.8 Å². The molecule has 2 aromatic rings. The minimum Gasteiger partial charge on any atom is -0.479 e. The quantitative estimate of drug-likeness (QED) is 0.441. The van der Waals surface area contributed by atoms with Gasteiger partial charge >= 0.3 is 5.97 Å². The first-order valence-corrected chi connectivity index (χ1v) is 15.0. The van der Waals surface area contributed by atoms with Crippen LogP contribution in [0.3, 0.4) is 0 Å². The highest BCUT2D eigenvalue weighted by Crippen LogP contribution is 2.41. The van der Waals surface area contributed by atoms with E-state index >= 15 is 0 Å². The van der Waals surface area contributed by atoms with Gasteiger partial charge in [0.05, 0.1) is 17.6 Å². The van der Waals surface area contributed by atoms with Gasteiger partial charge < -0.3 is 19.7 Å². The molecule has 0 radical (unpaired) electrons. The summed E-state index contributed by atoms with van der Waals surface area (Å²) in [5.41, 5.74) is -0.615. The monoisotopic (exact) mass is 540 g/mol. The van der Waals surface area contributed by atoms with E-state index in [9.17, 15) is 19.8 Å². The van der Waals surface area contributed by atoms with Crippen molar-refractivity contribution in [1.82, 2.24) is 14.5 Å². The van der Waals surface area contributed by atoms with E-state index in [1.165, 1.54) is 51.9 Å². The second kappa shape index (κ2) is 12.0. The lowest BCUT2D eigenvalue weighted by atomic mass is 9.91. The van der Waals surface area contributed by atoms with Gasteiger partial charge in [0.25, 0.3) is 5.56 Å². The Labute approximate surface area is 233 Å². The van der Waals surface area contributed by atoms with Gasteiger partial charge in [-0.3, -0.25) is 9.69 Å². The first-order valence-electron chi connectivity index (χ1n) is 15.0. The molecule has 1 aromatic heterocycles. The molecule has 39 heavy (non-hydrogen) atoms. The van der Waals surface area contributed by atoms with E-state index in [0.717, 1.165) is 24.8 Å². The van der Waals surface area contributed by atoms with E-state index in [4.69, 9.17) is 0 Å². The highest BCUT2D eigenvalue weighted by molar-refractivity contribution is 5.78. The first-order chi connectivity index (χ1) is 18.5. The van der Waals surface area contributed by atoms with Crippen molar-refractivity contribution in [3.63, 3.8) is 0 Å². The molecule has 1 saturated carbocycles. The van der Waals surface area contributed by atoms with E-state index in [-0.39, 0.29) is 29.5 Å². The zero-order valence-electron chi connectivity index (χ0n) is 24.5. The largest absolute Gasteiger partial charge is 0.479 e. The summed E-state index contributed by atoms with van der Waals surface area (Å²) < 4.78 is 1.86. The minimum atomic E-state index is -2.00. The molecular formula is C31H48N4O4. The van der Waals surface area contributed by atoms with Crippen molar-refractivity contribution in [1.29, 1.82) is 0 Å². The van der Waals surface area contributed by atoms with Crippen LogP contribution in [0.2, 0.25) is 0 Å². The molecule has 2 N–H and O–H groups in total. The Bertz CT molecular complexity index is 1200. The van der Waals surface area contributed by atoms with Crippen molar-refractivity contribution in [2.24, 2.45) is 0 Å². The molecule has 8 nitrogen and oxygen atoms in total. The molecule has 1 unspecified atom stereocenters. The number of carboxylic acids is 1. The molecule has 0 spiro atoms. The van der Waals surface area contributed by atoms with Crippen LogP contribution in [-0.2, 0) is 4.79 Å². The summed E-state index contributed by atoms with van der Waals surface area (Å²) in [7, 11) is 0. The number of aliphatic hydroxyl groups is 1. The Hall–Kier alpha value is -2.45. The standard InChI is InChI=1S/C31H48N4O4/c1-6-33(21-31(5,39)29(37)38)27-28(36)34(26-17-13-12-16-25(26)32-27)22(2)20-24-18-19-30(3,4)35(24)23-14-10-8-7-9-11-15-23/h12-13,16-17,22-24,39H,6-11,14-15,18-21H2,1-5H3,(H,37,38)/t22-,24-,31?/m0/s1. The van der Waals surface area contributed by atoms with Crippen LogP contribution < -0.4 is 10.5 Å². The predicted octanol–water partition coefficient (Wildman–Crippen LogP) is 5.37. The van der Waals surface area contributed by atoms with Crippen LogP contribution in [-0.4, -0.2) is 66.9 Å². The van der Waals surface area contributed by atoms with Gasteiger partial charge in [-0.05, 0) is 78.9 Å². The first kappa shape index (κ1) is 29.5. The predicted molar refractivity (Wildman–Crippen MR) is 157 cm³/mol. The van der Waals surface area contributed by atoms with Crippen LogP contribution in [0.1, 0.15) is 105 Å². The van der Waals surface area contributed by atoms with Gasteiger partial charge in [-0.2, -0.15) is 0 Å². The third-order valence-electron chi connectivity index (χ3n) is 9.12. The topological polar surface area (TPSA) is 98.9 Å². The minimum absolute atomic E-state index is 0.0715. The number of rotatable bonds is 9. The Morgan fingerprint density at radius 3 is 2.44 bits per heavy atom. The molecule has 2 aliphatic rings. The number of aliphatic carboxylic acids is 1. The lowest BCUT2D eigenvalue weighted by Gasteiger charge is -2.43. The summed E-state index contributed by atoms with van der Waals surface area (Å²) >= 11 is 0. The van der Waals surface area contributed by atoms with Gasteiger partial charge in [0.2, 0.25) is 0 Å². The maximum absolute atomic E-state index is 14.1. The van der Waals surface area contributed by atoms with Crippen LogP contribution in [0.15, 0.2) is 29.1 Å². The summed E-state index contributed by atoms with van der Waals surface area (Å²) in [5.74, 6) is -1.14. The molecule has 1 aliphatic carbocycles. The maximum Gasteiger partial charge on any atom is 0.337 e. The number of nitrogens with zero attached hydrogens (tertiary/aromatic N) is 4. The number of carboxylic acid groups (broad SMARTS) is 1. The highest BCUT2D eigenvalue weighted by atomic mass is 16.4. The number of benzene rings is 1. The Kier molecular flexibility index (Phi) is 9.06. The molecule has 4 rings (SSSR count). The average Bonchev–Trinajstić information content (AvgIpc) is 3.15. The fraction of sp³-hybridized carbons (Fsp3) is 0.710. The summed E-state index contributed by atoms with van der Waals surface area (Å²) in [5, 5.41) is 20.0. The number of para-hydroxylation sites is 2. The average molecular weight is 541 g/mol. The molecule has 1 aromatic carbocycles. The van der Waals surface area contributed by atoms with Crippen molar-refractivity contribution in [3.8, 4) is 0 Å². The number of likely N-dealkylation sites (tertiary alicyclic amines) is 1. The molecule has 0 amide bonds. The fourth-order valence-electron chi connectivity index (χ4n) is 7.08. The highest BCUT2D eigenvalue weighted by Gasteiger charge is 2.43. The van der Waals surface area contributed by atoms with Gasteiger partial charge in [0, 0.05) is 30.2 Å². The lowest BCUT2D eigenvalue weighted by Crippen LogP contribution is -2.50. The number of likely N-dealkylation sites (N-methyl/N-ethyl adjacent to an activating group) is 1. The van der Waals surface area contributed by atoms with E-state index in [1.54, 1.807) is 4.90 Å². The molecule has 216 valence electrons. The Morgan fingerprint density at radius 1 is 1.15 bits per heavy atom. The Balaban J connectivity index is 1.69. The van der Waals surface area contributed by atoms with Crippen LogP contribution >= 0.6 is 0 Å². The molecule has 3 atom stereocenters. The second-order valence-electron chi connectivity index (χ2n) is 12.7. The van der Waals surface area contributed by atoms with Crippen LogP contribution in [0.4, 0.5) is 5.82 Å². The number of carbonyl (C=O) groups is 1. The lowest BCUT2D eigenvalue weighted by molar-refractivity contribution is -0.155. The number of hydrogen-bond donors (Lipinski definition) is 2. The fourth-order valence-corrected chi connectivity index (χ4v) is 7.08. The van der Waals surface area contributed by atoms with E-state index < -0.39 is 11.6 Å².